The summed E-state index contributed by atoms with van der Waals surface area (Å²) in [5, 5.41) is 3.93. The van der Waals surface area contributed by atoms with Gasteiger partial charge in [0.05, 0.1) is 5.69 Å². The molecule has 0 aliphatic heterocycles. The van der Waals surface area contributed by atoms with E-state index < -0.39 is 0 Å². The highest BCUT2D eigenvalue weighted by Crippen LogP contribution is 2.08. The third-order valence-corrected chi connectivity index (χ3v) is 1.61. The molecular weight excluding hydrogens is 152 g/mol. The normalized spacial score (nSPS) is 10.4. The Hall–Kier alpha value is -1.71. The average Bonchev–Trinajstić information content (AvgIpc) is 2.49. The standard InChI is InChI=1S/C8H8N4/c1-6(2)7-3-8-9-4-11-12(8)5-10-7/h3-5H,1H2,2H3. The summed E-state index contributed by atoms with van der Waals surface area (Å²) in [6.07, 6.45) is 3.13. The highest BCUT2D eigenvalue weighted by Gasteiger charge is 1.98. The lowest BCUT2D eigenvalue weighted by molar-refractivity contribution is 0.917. The zero-order valence-corrected chi connectivity index (χ0v) is 6.73. The molecule has 0 bridgehead atoms. The van der Waals surface area contributed by atoms with Crippen molar-refractivity contribution < 1.29 is 0 Å². The van der Waals surface area contributed by atoms with Gasteiger partial charge in [-0.05, 0) is 12.5 Å². The van der Waals surface area contributed by atoms with Crippen LogP contribution < -0.4 is 0 Å². The molecule has 4 heteroatoms. The second-order valence-corrected chi connectivity index (χ2v) is 2.62. The third-order valence-electron chi connectivity index (χ3n) is 1.61. The minimum atomic E-state index is 0.794. The van der Waals surface area contributed by atoms with E-state index >= 15 is 0 Å². The predicted molar refractivity (Wildman–Crippen MR) is 45.5 cm³/mol. The molecule has 0 saturated heterocycles. The number of nitrogens with zero attached hydrogens (tertiary/aromatic N) is 4. The summed E-state index contributed by atoms with van der Waals surface area (Å²) in [4.78, 5) is 8.17. The molecule has 0 spiro atoms. The van der Waals surface area contributed by atoms with Gasteiger partial charge in [-0.3, -0.25) is 0 Å². The lowest BCUT2D eigenvalue weighted by Gasteiger charge is -1.96. The molecule has 12 heavy (non-hydrogen) atoms. The van der Waals surface area contributed by atoms with Crippen LogP contribution in [0, 0.1) is 0 Å². The summed E-state index contributed by atoms with van der Waals surface area (Å²) in [5.74, 6) is 0. The van der Waals surface area contributed by atoms with Crippen LogP contribution in [-0.2, 0) is 0 Å². The van der Waals surface area contributed by atoms with E-state index in [0.717, 1.165) is 16.9 Å². The second-order valence-electron chi connectivity index (χ2n) is 2.62. The van der Waals surface area contributed by atoms with E-state index in [4.69, 9.17) is 0 Å². The van der Waals surface area contributed by atoms with Crippen LogP contribution in [0.3, 0.4) is 0 Å². The van der Waals surface area contributed by atoms with Gasteiger partial charge in [0.1, 0.15) is 12.7 Å². The Morgan fingerprint density at radius 3 is 3.08 bits per heavy atom. The van der Waals surface area contributed by atoms with Crippen molar-refractivity contribution in [1.82, 2.24) is 19.6 Å². The van der Waals surface area contributed by atoms with Crippen LogP contribution in [0.1, 0.15) is 12.6 Å². The van der Waals surface area contributed by atoms with E-state index in [0.29, 0.717) is 0 Å². The van der Waals surface area contributed by atoms with Crippen LogP contribution in [0.25, 0.3) is 11.2 Å². The Bertz CT molecular complexity index is 429. The van der Waals surface area contributed by atoms with E-state index in [2.05, 4.69) is 21.6 Å². The first-order chi connectivity index (χ1) is 5.77. The highest BCUT2D eigenvalue weighted by molar-refractivity contribution is 5.60. The van der Waals surface area contributed by atoms with Crippen molar-refractivity contribution in [1.29, 1.82) is 0 Å². The quantitative estimate of drug-likeness (QED) is 0.628. The first-order valence-electron chi connectivity index (χ1n) is 3.58. The minimum absolute atomic E-state index is 0.794. The lowest BCUT2D eigenvalue weighted by atomic mass is 10.2. The summed E-state index contributed by atoms with van der Waals surface area (Å²) < 4.78 is 1.62. The van der Waals surface area contributed by atoms with Crippen LogP contribution in [0.2, 0.25) is 0 Å². The maximum Gasteiger partial charge on any atom is 0.159 e. The van der Waals surface area contributed by atoms with Crippen molar-refractivity contribution in [2.24, 2.45) is 0 Å². The van der Waals surface area contributed by atoms with Crippen molar-refractivity contribution >= 4 is 11.2 Å². The van der Waals surface area contributed by atoms with E-state index in [-0.39, 0.29) is 0 Å². The third kappa shape index (κ3) is 0.972. The molecule has 0 unspecified atom stereocenters. The molecule has 0 amide bonds. The summed E-state index contributed by atoms with van der Waals surface area (Å²) >= 11 is 0. The Morgan fingerprint density at radius 1 is 1.50 bits per heavy atom. The van der Waals surface area contributed by atoms with Gasteiger partial charge in [-0.15, -0.1) is 0 Å². The molecule has 0 N–H and O–H groups in total. The summed E-state index contributed by atoms with van der Waals surface area (Å²) in [5.41, 5.74) is 2.58. The van der Waals surface area contributed by atoms with Crippen LogP contribution in [-0.4, -0.2) is 19.6 Å². The maximum atomic E-state index is 4.14. The maximum absolute atomic E-state index is 4.14. The number of fused-ring (bicyclic) bond motifs is 1. The van der Waals surface area contributed by atoms with Gasteiger partial charge in [0.15, 0.2) is 5.65 Å². The van der Waals surface area contributed by atoms with Gasteiger partial charge in [0, 0.05) is 6.07 Å². The molecule has 0 aromatic carbocycles. The Balaban J connectivity index is 2.68. The summed E-state index contributed by atoms with van der Waals surface area (Å²) in [6, 6.07) is 1.86. The van der Waals surface area contributed by atoms with Gasteiger partial charge >= 0.3 is 0 Å². The number of aromatic nitrogens is 4. The smallest absolute Gasteiger partial charge is 0.159 e. The van der Waals surface area contributed by atoms with E-state index in [9.17, 15) is 0 Å². The highest BCUT2D eigenvalue weighted by atomic mass is 15.3. The molecule has 0 atom stereocenters. The van der Waals surface area contributed by atoms with Gasteiger partial charge in [-0.1, -0.05) is 6.58 Å². The molecule has 0 radical (unpaired) electrons. The largest absolute Gasteiger partial charge is 0.236 e. The SMILES string of the molecule is C=C(C)c1cc2ncnn2cn1. The molecular formula is C8H8N4. The molecule has 0 fully saturated rings. The Kier molecular flexibility index (Phi) is 1.40. The first kappa shape index (κ1) is 6.97. The van der Waals surface area contributed by atoms with E-state index in [1.807, 2.05) is 13.0 Å². The molecule has 2 aromatic rings. The van der Waals surface area contributed by atoms with Crippen molar-refractivity contribution in [2.45, 2.75) is 6.92 Å². The van der Waals surface area contributed by atoms with Crippen LogP contribution in [0.15, 0.2) is 25.3 Å². The Labute approximate surface area is 69.6 Å². The zero-order valence-electron chi connectivity index (χ0n) is 6.73. The van der Waals surface area contributed by atoms with Crippen molar-refractivity contribution in [3.63, 3.8) is 0 Å². The zero-order chi connectivity index (χ0) is 8.55. The number of hydrogen-bond donors (Lipinski definition) is 0. The molecule has 2 heterocycles. The first-order valence-corrected chi connectivity index (χ1v) is 3.58. The van der Waals surface area contributed by atoms with Crippen molar-refractivity contribution in [2.75, 3.05) is 0 Å². The number of rotatable bonds is 1. The van der Waals surface area contributed by atoms with Crippen molar-refractivity contribution in [3.8, 4) is 0 Å². The topological polar surface area (TPSA) is 43.1 Å². The van der Waals surface area contributed by atoms with Crippen LogP contribution in [0.5, 0.6) is 0 Å². The van der Waals surface area contributed by atoms with Gasteiger partial charge in [-0.2, -0.15) is 5.10 Å². The summed E-state index contributed by atoms with van der Waals surface area (Å²) in [7, 11) is 0. The van der Waals surface area contributed by atoms with Gasteiger partial charge < -0.3 is 0 Å². The van der Waals surface area contributed by atoms with E-state index in [1.54, 1.807) is 10.8 Å². The lowest BCUT2D eigenvalue weighted by Crippen LogP contribution is -1.92. The van der Waals surface area contributed by atoms with Gasteiger partial charge in [-0.25, -0.2) is 14.5 Å². The van der Waals surface area contributed by atoms with Gasteiger partial charge in [0.2, 0.25) is 0 Å². The molecule has 0 aliphatic rings. The average molecular weight is 160 g/mol. The van der Waals surface area contributed by atoms with Crippen molar-refractivity contribution in [3.05, 3.63) is 31.0 Å². The Morgan fingerprint density at radius 2 is 2.33 bits per heavy atom. The molecule has 0 aliphatic carbocycles. The molecule has 2 rings (SSSR count). The second kappa shape index (κ2) is 2.41. The fraction of sp³-hybridized carbons (Fsp3) is 0.125. The number of allylic oxidation sites excluding steroid dienone is 1. The number of hydrogen-bond acceptors (Lipinski definition) is 3. The summed E-state index contributed by atoms with van der Waals surface area (Å²) in [6.45, 7) is 5.71. The fourth-order valence-electron chi connectivity index (χ4n) is 0.961. The fourth-order valence-corrected chi connectivity index (χ4v) is 0.961. The molecule has 2 aromatic heterocycles. The predicted octanol–water partition coefficient (Wildman–Crippen LogP) is 1.16. The van der Waals surface area contributed by atoms with Crippen LogP contribution in [0.4, 0.5) is 0 Å². The molecule has 4 nitrogen and oxygen atoms in total. The van der Waals surface area contributed by atoms with Crippen LogP contribution >= 0.6 is 0 Å². The molecule has 0 saturated carbocycles. The monoisotopic (exact) mass is 160 g/mol. The molecule has 60 valence electrons. The van der Waals surface area contributed by atoms with E-state index in [1.165, 1.54) is 6.33 Å². The van der Waals surface area contributed by atoms with Gasteiger partial charge in [0.25, 0.3) is 0 Å². The minimum Gasteiger partial charge on any atom is -0.236 e.